The Morgan fingerprint density at radius 2 is 2.00 bits per heavy atom. The SMILES string of the molecule is C=C1NONC1N1CCN(c2cc(C(N)c3cc(OC4(C)CC4)c(F)cc3N)ncn2)CC1. The van der Waals surface area contributed by atoms with Crippen molar-refractivity contribution in [1.29, 1.82) is 0 Å². The van der Waals surface area contributed by atoms with E-state index in [1.807, 2.05) is 13.0 Å². The zero-order chi connectivity index (χ0) is 23.2. The normalized spacial score (nSPS) is 23.3. The highest BCUT2D eigenvalue weighted by atomic mass is 19.1. The van der Waals surface area contributed by atoms with Gasteiger partial charge in [-0.25, -0.2) is 19.8 Å². The lowest BCUT2D eigenvalue weighted by Gasteiger charge is -2.37. The monoisotopic (exact) mass is 456 g/mol. The van der Waals surface area contributed by atoms with Crippen molar-refractivity contribution < 1.29 is 14.1 Å². The van der Waals surface area contributed by atoms with Gasteiger partial charge in [0.2, 0.25) is 0 Å². The van der Waals surface area contributed by atoms with Crippen molar-refractivity contribution in [2.45, 2.75) is 37.6 Å². The van der Waals surface area contributed by atoms with Crippen LogP contribution in [-0.2, 0) is 4.94 Å². The maximum atomic E-state index is 14.4. The molecule has 3 aliphatic rings. The molecule has 6 N–H and O–H groups in total. The summed E-state index contributed by atoms with van der Waals surface area (Å²) < 4.78 is 20.3. The van der Waals surface area contributed by atoms with Gasteiger partial charge in [-0.1, -0.05) is 6.58 Å². The lowest BCUT2D eigenvalue weighted by Crippen LogP contribution is -2.53. The first-order valence-corrected chi connectivity index (χ1v) is 11.0. The first-order valence-electron chi connectivity index (χ1n) is 11.0. The molecule has 0 bridgehead atoms. The Morgan fingerprint density at radius 3 is 2.67 bits per heavy atom. The van der Waals surface area contributed by atoms with Crippen molar-refractivity contribution in [3.63, 3.8) is 0 Å². The van der Waals surface area contributed by atoms with Crippen LogP contribution in [0.3, 0.4) is 0 Å². The number of piperazine rings is 1. The van der Waals surface area contributed by atoms with Gasteiger partial charge in [-0.05, 0) is 25.8 Å². The second kappa shape index (κ2) is 8.41. The molecule has 1 aromatic carbocycles. The number of nitrogens with two attached hydrogens (primary N) is 2. The number of hydroxylamine groups is 2. The molecule has 3 fully saturated rings. The number of benzene rings is 1. The van der Waals surface area contributed by atoms with Crippen LogP contribution in [0.25, 0.3) is 0 Å². The Labute approximate surface area is 191 Å². The number of anilines is 2. The van der Waals surface area contributed by atoms with Crippen LogP contribution in [0.5, 0.6) is 5.75 Å². The molecule has 176 valence electrons. The highest BCUT2D eigenvalue weighted by molar-refractivity contribution is 5.55. The number of hydrogen-bond donors (Lipinski definition) is 4. The number of ether oxygens (including phenoxy) is 1. The van der Waals surface area contributed by atoms with Crippen molar-refractivity contribution in [2.24, 2.45) is 5.73 Å². The number of aromatic nitrogens is 2. The van der Waals surface area contributed by atoms with Gasteiger partial charge in [0, 0.05) is 49.6 Å². The zero-order valence-corrected chi connectivity index (χ0v) is 18.6. The summed E-state index contributed by atoms with van der Waals surface area (Å²) >= 11 is 0. The average molecular weight is 457 g/mol. The molecule has 2 aliphatic heterocycles. The molecule has 2 atom stereocenters. The molecule has 0 spiro atoms. The molecule has 0 radical (unpaired) electrons. The minimum absolute atomic E-state index is 0.0581. The van der Waals surface area contributed by atoms with Gasteiger partial charge in [-0.3, -0.25) is 4.90 Å². The summed E-state index contributed by atoms with van der Waals surface area (Å²) in [4.78, 5) is 18.3. The van der Waals surface area contributed by atoms with E-state index in [1.165, 1.54) is 12.4 Å². The van der Waals surface area contributed by atoms with Crippen LogP contribution >= 0.6 is 0 Å². The molecule has 2 unspecified atom stereocenters. The summed E-state index contributed by atoms with van der Waals surface area (Å²) in [7, 11) is 0. The summed E-state index contributed by atoms with van der Waals surface area (Å²) in [5, 5.41) is 0. The van der Waals surface area contributed by atoms with Gasteiger partial charge in [-0.2, -0.15) is 10.4 Å². The van der Waals surface area contributed by atoms with Gasteiger partial charge in [0.25, 0.3) is 0 Å². The topological polar surface area (TPSA) is 127 Å². The fourth-order valence-corrected chi connectivity index (χ4v) is 4.12. The maximum Gasteiger partial charge on any atom is 0.167 e. The molecular weight excluding hydrogens is 427 g/mol. The summed E-state index contributed by atoms with van der Waals surface area (Å²) in [6.45, 7) is 9.06. The van der Waals surface area contributed by atoms with Crippen LogP contribution < -0.4 is 32.1 Å². The van der Waals surface area contributed by atoms with E-state index in [0.29, 0.717) is 11.3 Å². The quantitative estimate of drug-likeness (QED) is 0.471. The minimum Gasteiger partial charge on any atom is -0.484 e. The zero-order valence-electron chi connectivity index (χ0n) is 18.6. The second-order valence-corrected chi connectivity index (χ2v) is 9.02. The molecule has 3 heterocycles. The van der Waals surface area contributed by atoms with Gasteiger partial charge in [0.15, 0.2) is 11.6 Å². The third-order valence-electron chi connectivity index (χ3n) is 6.46. The molecule has 0 amide bonds. The first kappa shape index (κ1) is 21.8. The average Bonchev–Trinajstić information content (AvgIpc) is 3.38. The second-order valence-electron chi connectivity index (χ2n) is 9.02. The smallest absolute Gasteiger partial charge is 0.167 e. The largest absolute Gasteiger partial charge is 0.484 e. The Kier molecular flexibility index (Phi) is 5.57. The summed E-state index contributed by atoms with van der Waals surface area (Å²) in [5.41, 5.74) is 20.2. The van der Waals surface area contributed by atoms with Crippen LogP contribution in [0.4, 0.5) is 15.9 Å². The standard InChI is InChI=1S/C22H29FN8O2/c1-13-21(29-33-28-13)31-7-5-30(6-8-31)19-11-17(26-12-27-19)20(25)14-9-18(15(23)10-16(14)24)32-22(2)3-4-22/h9-12,20-21,28-29H,1,3-8,24-25H2,2H3. The van der Waals surface area contributed by atoms with Crippen molar-refractivity contribution in [3.05, 3.63) is 53.9 Å². The molecule has 2 saturated heterocycles. The van der Waals surface area contributed by atoms with Gasteiger partial charge >= 0.3 is 0 Å². The van der Waals surface area contributed by atoms with Gasteiger partial charge in [0.05, 0.1) is 17.4 Å². The Hall–Kier alpha value is -2.99. The molecule has 5 rings (SSSR count). The molecule has 10 nitrogen and oxygen atoms in total. The third kappa shape index (κ3) is 4.44. The van der Waals surface area contributed by atoms with Crippen LogP contribution in [-0.4, -0.2) is 52.8 Å². The summed E-state index contributed by atoms with van der Waals surface area (Å²) in [6, 6.07) is 4.08. The number of nitrogens with zero attached hydrogens (tertiary/aromatic N) is 4. The van der Waals surface area contributed by atoms with E-state index < -0.39 is 11.9 Å². The molecule has 1 aromatic heterocycles. The van der Waals surface area contributed by atoms with E-state index in [0.717, 1.165) is 50.5 Å². The third-order valence-corrected chi connectivity index (χ3v) is 6.46. The predicted octanol–water partition coefficient (Wildman–Crippen LogP) is 1.18. The fraction of sp³-hybridized carbons (Fsp3) is 0.455. The number of halogens is 1. The number of nitrogens with one attached hydrogen (secondary N) is 2. The molecule has 1 saturated carbocycles. The predicted molar refractivity (Wildman–Crippen MR) is 121 cm³/mol. The van der Waals surface area contributed by atoms with E-state index in [9.17, 15) is 4.39 Å². The van der Waals surface area contributed by atoms with Crippen molar-refractivity contribution >= 4 is 11.5 Å². The Balaban J connectivity index is 1.31. The van der Waals surface area contributed by atoms with Crippen molar-refractivity contribution in [1.82, 2.24) is 25.8 Å². The Bertz CT molecular complexity index is 1050. The lowest BCUT2D eigenvalue weighted by molar-refractivity contribution is -0.00599. The molecule has 2 aromatic rings. The van der Waals surface area contributed by atoms with Crippen LogP contribution in [0, 0.1) is 5.82 Å². The molecule has 33 heavy (non-hydrogen) atoms. The van der Waals surface area contributed by atoms with E-state index in [2.05, 4.69) is 37.3 Å². The molecule has 1 aliphatic carbocycles. The van der Waals surface area contributed by atoms with Gasteiger partial charge < -0.3 is 21.1 Å². The number of rotatable bonds is 6. The first-order chi connectivity index (χ1) is 15.8. The Morgan fingerprint density at radius 1 is 1.24 bits per heavy atom. The molecule has 11 heteroatoms. The van der Waals surface area contributed by atoms with E-state index in [4.69, 9.17) is 21.1 Å². The van der Waals surface area contributed by atoms with E-state index in [-0.39, 0.29) is 23.2 Å². The lowest BCUT2D eigenvalue weighted by atomic mass is 10.0. The summed E-state index contributed by atoms with van der Waals surface area (Å²) in [5.74, 6) is 0.462. The van der Waals surface area contributed by atoms with Gasteiger partial charge in [-0.15, -0.1) is 0 Å². The van der Waals surface area contributed by atoms with Crippen molar-refractivity contribution in [2.75, 3.05) is 36.8 Å². The van der Waals surface area contributed by atoms with E-state index >= 15 is 0 Å². The van der Waals surface area contributed by atoms with Crippen LogP contribution in [0.15, 0.2) is 36.8 Å². The summed E-state index contributed by atoms with van der Waals surface area (Å²) in [6.07, 6.45) is 3.24. The van der Waals surface area contributed by atoms with E-state index in [1.54, 1.807) is 6.07 Å². The van der Waals surface area contributed by atoms with Crippen LogP contribution in [0.1, 0.15) is 37.1 Å². The highest BCUT2D eigenvalue weighted by Gasteiger charge is 2.41. The maximum absolute atomic E-state index is 14.4. The number of hydrogen-bond acceptors (Lipinski definition) is 10. The van der Waals surface area contributed by atoms with Gasteiger partial charge in [0.1, 0.15) is 23.9 Å². The number of nitrogen functional groups attached to an aromatic ring is 1. The minimum atomic E-state index is -0.641. The fourth-order valence-electron chi connectivity index (χ4n) is 4.12. The molecular formula is C22H29FN8O2. The van der Waals surface area contributed by atoms with Crippen molar-refractivity contribution in [3.8, 4) is 5.75 Å². The highest BCUT2D eigenvalue weighted by Crippen LogP contribution is 2.41. The van der Waals surface area contributed by atoms with Crippen LogP contribution in [0.2, 0.25) is 0 Å².